The zero-order chi connectivity index (χ0) is 11.6. The van der Waals surface area contributed by atoms with Crippen molar-refractivity contribution < 1.29 is 21.4 Å². The summed E-state index contributed by atoms with van der Waals surface area (Å²) in [4.78, 5) is 0. The summed E-state index contributed by atoms with van der Waals surface area (Å²) in [6, 6.07) is 3.20. The van der Waals surface area contributed by atoms with Gasteiger partial charge in [0.1, 0.15) is 11.6 Å². The summed E-state index contributed by atoms with van der Waals surface area (Å²) in [6.07, 6.45) is 0.792. The Bertz CT molecular complexity index is 441. The Labute approximate surface area is 94.3 Å². The molecule has 84 valence electrons. The molecule has 7 heteroatoms. The van der Waals surface area contributed by atoms with Crippen molar-refractivity contribution in [2.45, 2.75) is 5.01 Å². The Morgan fingerprint density at radius 2 is 1.80 bits per heavy atom. The van der Waals surface area contributed by atoms with Gasteiger partial charge in [-0.2, -0.15) is 8.42 Å². The maximum absolute atomic E-state index is 13.1. The van der Waals surface area contributed by atoms with Gasteiger partial charge in [-0.25, -0.2) is 8.78 Å². The van der Waals surface area contributed by atoms with Crippen molar-refractivity contribution in [3.8, 4) is 0 Å². The summed E-state index contributed by atoms with van der Waals surface area (Å²) in [5.41, 5.74) is -0.470. The average Bonchev–Trinajstić information content (AvgIpc) is 1.99. The lowest BCUT2D eigenvalue weighted by Gasteiger charge is -2.11. The first-order valence-electron chi connectivity index (χ1n) is 3.77. The van der Waals surface area contributed by atoms with Gasteiger partial charge >= 0.3 is 0 Å². The first-order valence-corrected chi connectivity index (χ1v) is 6.50. The molecule has 15 heavy (non-hydrogen) atoms. The van der Waals surface area contributed by atoms with Gasteiger partial charge in [0.2, 0.25) is 0 Å². The maximum Gasteiger partial charge on any atom is 0.265 e. The van der Waals surface area contributed by atoms with E-state index in [9.17, 15) is 17.2 Å². The SMILES string of the molecule is CS(=O)(=O)OC(Br)c1c(F)cccc1F. The van der Waals surface area contributed by atoms with Gasteiger partial charge in [-0.05, 0) is 12.1 Å². The summed E-state index contributed by atoms with van der Waals surface area (Å²) >= 11 is 2.74. The molecule has 0 N–H and O–H groups in total. The number of halogens is 3. The Balaban J connectivity index is 3.06. The molecule has 0 aliphatic heterocycles. The molecule has 1 rings (SSSR count). The van der Waals surface area contributed by atoms with E-state index in [-0.39, 0.29) is 0 Å². The van der Waals surface area contributed by atoms with Crippen molar-refractivity contribution in [1.29, 1.82) is 0 Å². The predicted octanol–water partition coefficient (Wildman–Crippen LogP) is 2.33. The molecule has 0 saturated heterocycles. The van der Waals surface area contributed by atoms with Crippen LogP contribution in [-0.4, -0.2) is 14.7 Å². The van der Waals surface area contributed by atoms with Gasteiger partial charge in [0.15, 0.2) is 5.01 Å². The number of hydrogen-bond acceptors (Lipinski definition) is 3. The average molecular weight is 301 g/mol. The fraction of sp³-hybridized carbons (Fsp3) is 0.250. The molecular formula is C8H7BrF2O3S. The van der Waals surface area contributed by atoms with Crippen LogP contribution in [-0.2, 0) is 14.3 Å². The van der Waals surface area contributed by atoms with Gasteiger partial charge in [0, 0.05) is 0 Å². The first kappa shape index (κ1) is 12.5. The fourth-order valence-corrected chi connectivity index (χ4v) is 2.60. The number of rotatable bonds is 3. The molecule has 0 heterocycles. The molecule has 0 amide bonds. The standard InChI is InChI=1S/C8H7BrF2O3S/c1-15(12,13)14-8(9)7-5(10)3-2-4-6(7)11/h2-4,8H,1H3. The second-order valence-corrected chi connectivity index (χ2v) is 5.18. The highest BCUT2D eigenvalue weighted by molar-refractivity contribution is 9.09. The van der Waals surface area contributed by atoms with Crippen LogP contribution in [0, 0.1) is 11.6 Å². The zero-order valence-electron chi connectivity index (χ0n) is 7.58. The van der Waals surface area contributed by atoms with Crippen LogP contribution in [0.5, 0.6) is 0 Å². The highest BCUT2D eigenvalue weighted by Gasteiger charge is 2.21. The smallest absolute Gasteiger partial charge is 0.250 e. The van der Waals surface area contributed by atoms with Gasteiger partial charge in [0.25, 0.3) is 10.1 Å². The molecule has 0 aromatic heterocycles. The summed E-state index contributed by atoms with van der Waals surface area (Å²) in [6.45, 7) is 0. The lowest BCUT2D eigenvalue weighted by Crippen LogP contribution is -2.08. The maximum atomic E-state index is 13.1. The third kappa shape index (κ3) is 3.51. The van der Waals surface area contributed by atoms with E-state index in [0.717, 1.165) is 18.4 Å². The number of benzene rings is 1. The van der Waals surface area contributed by atoms with E-state index in [2.05, 4.69) is 20.1 Å². The lowest BCUT2D eigenvalue weighted by molar-refractivity contribution is 0.295. The van der Waals surface area contributed by atoms with Gasteiger partial charge in [-0.3, -0.25) is 4.18 Å². The fourth-order valence-electron chi connectivity index (χ4n) is 0.929. The third-order valence-electron chi connectivity index (χ3n) is 1.49. The minimum atomic E-state index is -3.79. The second-order valence-electron chi connectivity index (χ2n) is 2.75. The summed E-state index contributed by atoms with van der Waals surface area (Å²) < 4.78 is 52.1. The van der Waals surface area contributed by atoms with E-state index < -0.39 is 32.3 Å². The van der Waals surface area contributed by atoms with E-state index in [0.29, 0.717) is 0 Å². The van der Waals surface area contributed by atoms with E-state index in [4.69, 9.17) is 0 Å². The van der Waals surface area contributed by atoms with E-state index in [1.165, 1.54) is 6.07 Å². The predicted molar refractivity (Wildman–Crippen MR) is 54.0 cm³/mol. The van der Waals surface area contributed by atoms with Crippen LogP contribution in [0.3, 0.4) is 0 Å². The highest BCUT2D eigenvalue weighted by atomic mass is 79.9. The first-order chi connectivity index (χ1) is 6.81. The molecule has 0 aliphatic rings. The van der Waals surface area contributed by atoms with E-state index >= 15 is 0 Å². The Morgan fingerprint density at radius 1 is 1.33 bits per heavy atom. The molecule has 0 radical (unpaired) electrons. The van der Waals surface area contributed by atoms with Crippen molar-refractivity contribution in [3.63, 3.8) is 0 Å². The quantitative estimate of drug-likeness (QED) is 0.636. The van der Waals surface area contributed by atoms with Crippen LogP contribution in [0.25, 0.3) is 0 Å². The molecule has 0 spiro atoms. The normalized spacial score (nSPS) is 13.9. The molecule has 1 unspecified atom stereocenters. The molecule has 1 aromatic carbocycles. The highest BCUT2D eigenvalue weighted by Crippen LogP contribution is 2.29. The zero-order valence-corrected chi connectivity index (χ0v) is 9.98. The van der Waals surface area contributed by atoms with E-state index in [1.54, 1.807) is 0 Å². The second kappa shape index (κ2) is 4.54. The van der Waals surface area contributed by atoms with Crippen LogP contribution < -0.4 is 0 Å². The number of alkyl halides is 1. The Kier molecular flexibility index (Phi) is 3.80. The Morgan fingerprint density at radius 3 is 2.20 bits per heavy atom. The number of hydrogen-bond donors (Lipinski definition) is 0. The molecule has 0 fully saturated rings. The largest absolute Gasteiger partial charge is 0.265 e. The van der Waals surface area contributed by atoms with Crippen molar-refractivity contribution in [1.82, 2.24) is 0 Å². The molecule has 0 aliphatic carbocycles. The van der Waals surface area contributed by atoms with Crippen molar-refractivity contribution in [3.05, 3.63) is 35.4 Å². The molecule has 1 aromatic rings. The van der Waals surface area contributed by atoms with Crippen LogP contribution in [0.4, 0.5) is 8.78 Å². The van der Waals surface area contributed by atoms with Gasteiger partial charge in [0.05, 0.1) is 11.8 Å². The van der Waals surface area contributed by atoms with Crippen LogP contribution in [0.1, 0.15) is 10.6 Å². The molecule has 0 saturated carbocycles. The monoisotopic (exact) mass is 300 g/mol. The summed E-state index contributed by atoms with van der Waals surface area (Å²) in [5.74, 6) is -1.75. The van der Waals surface area contributed by atoms with Crippen molar-refractivity contribution in [2.75, 3.05) is 6.26 Å². The molecule has 0 bridgehead atoms. The molecule has 1 atom stereocenters. The van der Waals surface area contributed by atoms with E-state index in [1.807, 2.05) is 0 Å². The Hall–Kier alpha value is -0.530. The van der Waals surface area contributed by atoms with Crippen LogP contribution >= 0.6 is 15.9 Å². The summed E-state index contributed by atoms with van der Waals surface area (Å²) in [7, 11) is -3.79. The molecular weight excluding hydrogens is 294 g/mol. The van der Waals surface area contributed by atoms with Gasteiger partial charge in [-0.1, -0.05) is 22.0 Å². The lowest BCUT2D eigenvalue weighted by atomic mass is 10.2. The topological polar surface area (TPSA) is 43.4 Å². The minimum absolute atomic E-state index is 0.470. The minimum Gasteiger partial charge on any atom is -0.250 e. The third-order valence-corrected chi connectivity index (χ3v) is 2.92. The van der Waals surface area contributed by atoms with Crippen molar-refractivity contribution >= 4 is 26.0 Å². The summed E-state index contributed by atoms with van der Waals surface area (Å²) in [5, 5.41) is -1.37. The van der Waals surface area contributed by atoms with Crippen LogP contribution in [0.2, 0.25) is 0 Å². The van der Waals surface area contributed by atoms with Gasteiger partial charge < -0.3 is 0 Å². The van der Waals surface area contributed by atoms with Crippen LogP contribution in [0.15, 0.2) is 18.2 Å². The van der Waals surface area contributed by atoms with Crippen molar-refractivity contribution in [2.24, 2.45) is 0 Å². The molecule has 3 nitrogen and oxygen atoms in total. The van der Waals surface area contributed by atoms with Gasteiger partial charge in [-0.15, -0.1) is 0 Å².